The average molecular weight is 282 g/mol. The highest BCUT2D eigenvalue weighted by Crippen LogP contribution is 2.24. The number of benzene rings is 2. The zero-order chi connectivity index (χ0) is 15.1. The number of carbonyl (C=O) groups excluding carboxylic acids is 1. The molecule has 2 aromatic rings. The van der Waals surface area contributed by atoms with Crippen molar-refractivity contribution in [2.24, 2.45) is 0 Å². The molecule has 1 amide bonds. The zero-order valence-corrected chi connectivity index (χ0v) is 12.6. The van der Waals surface area contributed by atoms with Crippen molar-refractivity contribution in [3.05, 3.63) is 65.7 Å². The minimum atomic E-state index is -0.0644. The normalized spacial score (nSPS) is 11.7. The summed E-state index contributed by atoms with van der Waals surface area (Å²) in [6.45, 7) is 2.18. The summed E-state index contributed by atoms with van der Waals surface area (Å²) in [6, 6.07) is 18.3. The van der Waals surface area contributed by atoms with E-state index in [2.05, 4.69) is 41.8 Å². The van der Waals surface area contributed by atoms with Gasteiger partial charge in [0.2, 0.25) is 0 Å². The molecule has 0 spiro atoms. The second-order valence-electron chi connectivity index (χ2n) is 5.06. The summed E-state index contributed by atoms with van der Waals surface area (Å²) in [5, 5.41) is 6.19. The van der Waals surface area contributed by atoms with Crippen molar-refractivity contribution in [3.63, 3.8) is 0 Å². The maximum atomic E-state index is 11.7. The average Bonchev–Trinajstić information content (AvgIpc) is 2.55. The Morgan fingerprint density at radius 1 is 1.10 bits per heavy atom. The summed E-state index contributed by atoms with van der Waals surface area (Å²) in [6.07, 6.45) is 2.15. The third-order valence-corrected chi connectivity index (χ3v) is 3.47. The molecule has 0 fully saturated rings. The smallest absolute Gasteiger partial charge is 0.251 e. The molecule has 2 aromatic carbocycles. The van der Waals surface area contributed by atoms with Crippen molar-refractivity contribution in [1.29, 1.82) is 0 Å². The van der Waals surface area contributed by atoms with Gasteiger partial charge in [0.25, 0.3) is 5.91 Å². The molecular formula is C18H22N2O. The number of hydrogen-bond donors (Lipinski definition) is 2. The molecule has 21 heavy (non-hydrogen) atoms. The number of rotatable bonds is 6. The molecular weight excluding hydrogens is 260 g/mol. The minimum Gasteiger partial charge on any atom is -0.378 e. The lowest BCUT2D eigenvalue weighted by molar-refractivity contribution is 0.0963. The number of amides is 1. The van der Waals surface area contributed by atoms with Gasteiger partial charge >= 0.3 is 0 Å². The van der Waals surface area contributed by atoms with Crippen molar-refractivity contribution >= 4 is 11.6 Å². The minimum absolute atomic E-state index is 0.0644. The second kappa shape index (κ2) is 7.48. The molecule has 2 rings (SSSR count). The molecule has 0 aliphatic rings. The maximum absolute atomic E-state index is 11.7. The molecule has 0 radical (unpaired) electrons. The summed E-state index contributed by atoms with van der Waals surface area (Å²) < 4.78 is 0. The van der Waals surface area contributed by atoms with Crippen molar-refractivity contribution in [1.82, 2.24) is 5.32 Å². The van der Waals surface area contributed by atoms with Crippen LogP contribution in [-0.4, -0.2) is 13.0 Å². The first-order valence-electron chi connectivity index (χ1n) is 7.38. The molecule has 0 heterocycles. The van der Waals surface area contributed by atoms with Crippen molar-refractivity contribution in [2.75, 3.05) is 12.4 Å². The van der Waals surface area contributed by atoms with Crippen LogP contribution in [0.1, 0.15) is 41.7 Å². The Labute approximate surface area is 126 Å². The molecule has 110 valence electrons. The van der Waals surface area contributed by atoms with Crippen LogP contribution in [0.15, 0.2) is 54.6 Å². The summed E-state index contributed by atoms with van der Waals surface area (Å²) in [5.41, 5.74) is 2.91. The van der Waals surface area contributed by atoms with Gasteiger partial charge in [0.15, 0.2) is 0 Å². The van der Waals surface area contributed by atoms with Crippen molar-refractivity contribution in [3.8, 4) is 0 Å². The standard InChI is InChI=1S/C18H22N2O/c1-3-8-17(14-9-5-4-6-10-14)20-16-12-7-11-15(13-16)18(21)19-2/h4-7,9-13,17,20H,3,8H2,1-2H3,(H,19,21). The molecule has 0 aliphatic carbocycles. The summed E-state index contributed by atoms with van der Waals surface area (Å²) in [4.78, 5) is 11.7. The van der Waals surface area contributed by atoms with E-state index in [9.17, 15) is 4.79 Å². The van der Waals surface area contributed by atoms with E-state index in [1.807, 2.05) is 30.3 Å². The molecule has 3 nitrogen and oxygen atoms in total. The maximum Gasteiger partial charge on any atom is 0.251 e. The highest BCUT2D eigenvalue weighted by atomic mass is 16.1. The van der Waals surface area contributed by atoms with E-state index in [4.69, 9.17) is 0 Å². The SMILES string of the molecule is CCCC(Nc1cccc(C(=O)NC)c1)c1ccccc1. The third kappa shape index (κ3) is 4.09. The number of hydrogen-bond acceptors (Lipinski definition) is 2. The van der Waals surface area contributed by atoms with Gasteiger partial charge in [-0.1, -0.05) is 49.7 Å². The topological polar surface area (TPSA) is 41.1 Å². The van der Waals surface area contributed by atoms with Gasteiger partial charge in [-0.3, -0.25) is 4.79 Å². The highest BCUT2D eigenvalue weighted by Gasteiger charge is 2.11. The van der Waals surface area contributed by atoms with Gasteiger partial charge in [-0.05, 0) is 30.2 Å². The molecule has 1 atom stereocenters. The number of anilines is 1. The Morgan fingerprint density at radius 3 is 2.52 bits per heavy atom. The molecule has 3 heteroatoms. The van der Waals surface area contributed by atoms with Crippen LogP contribution < -0.4 is 10.6 Å². The Kier molecular flexibility index (Phi) is 5.38. The molecule has 0 aliphatic heterocycles. The van der Waals surface area contributed by atoms with E-state index in [1.165, 1.54) is 5.56 Å². The molecule has 1 unspecified atom stereocenters. The number of carbonyl (C=O) groups is 1. The highest BCUT2D eigenvalue weighted by molar-refractivity contribution is 5.94. The number of nitrogens with one attached hydrogen (secondary N) is 2. The molecule has 2 N–H and O–H groups in total. The fraction of sp³-hybridized carbons (Fsp3) is 0.278. The zero-order valence-electron chi connectivity index (χ0n) is 12.6. The lowest BCUT2D eigenvalue weighted by Crippen LogP contribution is -2.18. The van der Waals surface area contributed by atoms with Gasteiger partial charge in [-0.2, -0.15) is 0 Å². The van der Waals surface area contributed by atoms with E-state index in [1.54, 1.807) is 7.05 Å². The van der Waals surface area contributed by atoms with Crippen LogP contribution in [0.2, 0.25) is 0 Å². The summed E-state index contributed by atoms with van der Waals surface area (Å²) >= 11 is 0. The van der Waals surface area contributed by atoms with Gasteiger partial charge in [0.05, 0.1) is 6.04 Å². The molecule has 0 bridgehead atoms. The monoisotopic (exact) mass is 282 g/mol. The first kappa shape index (κ1) is 15.1. The Hall–Kier alpha value is -2.29. The van der Waals surface area contributed by atoms with Crippen LogP contribution >= 0.6 is 0 Å². The van der Waals surface area contributed by atoms with Crippen molar-refractivity contribution in [2.45, 2.75) is 25.8 Å². The van der Waals surface area contributed by atoms with Crippen molar-refractivity contribution < 1.29 is 4.79 Å². The van der Waals surface area contributed by atoms with Gasteiger partial charge in [0, 0.05) is 18.3 Å². The Morgan fingerprint density at radius 2 is 1.86 bits per heavy atom. The quantitative estimate of drug-likeness (QED) is 0.841. The van der Waals surface area contributed by atoms with Gasteiger partial charge in [-0.15, -0.1) is 0 Å². The molecule has 0 saturated heterocycles. The van der Waals surface area contributed by atoms with Crippen LogP contribution in [-0.2, 0) is 0 Å². The van der Waals surface area contributed by atoms with Crippen LogP contribution in [0.25, 0.3) is 0 Å². The van der Waals surface area contributed by atoms with E-state index in [0.717, 1.165) is 18.5 Å². The fourth-order valence-electron chi connectivity index (χ4n) is 2.39. The fourth-order valence-corrected chi connectivity index (χ4v) is 2.39. The third-order valence-electron chi connectivity index (χ3n) is 3.47. The predicted octanol–water partition coefficient (Wildman–Crippen LogP) is 4.00. The largest absolute Gasteiger partial charge is 0.378 e. The first-order chi connectivity index (χ1) is 10.2. The van der Waals surface area contributed by atoms with E-state index in [-0.39, 0.29) is 11.9 Å². The lowest BCUT2D eigenvalue weighted by Gasteiger charge is -2.20. The second-order valence-corrected chi connectivity index (χ2v) is 5.06. The van der Waals surface area contributed by atoms with E-state index in [0.29, 0.717) is 5.56 Å². The van der Waals surface area contributed by atoms with E-state index < -0.39 is 0 Å². The van der Waals surface area contributed by atoms with E-state index >= 15 is 0 Å². The Balaban J connectivity index is 2.19. The molecule has 0 saturated carbocycles. The van der Waals surface area contributed by atoms with Crippen LogP contribution in [0.4, 0.5) is 5.69 Å². The van der Waals surface area contributed by atoms with Gasteiger partial charge in [-0.25, -0.2) is 0 Å². The molecule has 0 aromatic heterocycles. The first-order valence-corrected chi connectivity index (χ1v) is 7.38. The van der Waals surface area contributed by atoms with Crippen LogP contribution in [0, 0.1) is 0 Å². The van der Waals surface area contributed by atoms with Crippen LogP contribution in [0.3, 0.4) is 0 Å². The summed E-state index contributed by atoms with van der Waals surface area (Å²) in [5.74, 6) is -0.0644. The predicted molar refractivity (Wildman–Crippen MR) is 87.5 cm³/mol. The van der Waals surface area contributed by atoms with Crippen LogP contribution in [0.5, 0.6) is 0 Å². The van der Waals surface area contributed by atoms with Gasteiger partial charge in [0.1, 0.15) is 0 Å². The van der Waals surface area contributed by atoms with Gasteiger partial charge < -0.3 is 10.6 Å². The summed E-state index contributed by atoms with van der Waals surface area (Å²) in [7, 11) is 1.65. The Bertz CT molecular complexity index is 581. The lowest BCUT2D eigenvalue weighted by atomic mass is 10.0.